The van der Waals surface area contributed by atoms with Crippen LogP contribution in [0, 0.1) is 0 Å². The zero-order valence-corrected chi connectivity index (χ0v) is 33.8. The van der Waals surface area contributed by atoms with E-state index in [-0.39, 0.29) is 11.3 Å². The van der Waals surface area contributed by atoms with Crippen molar-refractivity contribution in [2.24, 2.45) is 0 Å². The summed E-state index contributed by atoms with van der Waals surface area (Å²) in [7, 11) is 0. The van der Waals surface area contributed by atoms with Crippen molar-refractivity contribution in [1.29, 1.82) is 0 Å². The first kappa shape index (κ1) is 34.8. The number of furan rings is 1. The molecule has 2 aromatic heterocycles. The normalized spacial score (nSPS) is 13.7. The number of para-hydroxylation sites is 3. The van der Waals surface area contributed by atoms with Crippen LogP contribution >= 0.6 is 0 Å². The van der Waals surface area contributed by atoms with Crippen molar-refractivity contribution >= 4 is 54.5 Å². The molecule has 2 heteroatoms. The Balaban J connectivity index is 0.898. The highest BCUT2D eigenvalue weighted by Crippen LogP contribution is 2.50. The first-order valence-corrected chi connectivity index (χ1v) is 21.3. The van der Waals surface area contributed by atoms with Gasteiger partial charge < -0.3 is 8.98 Å². The van der Waals surface area contributed by atoms with Crippen LogP contribution in [0.5, 0.6) is 0 Å². The molecular formula is C58H43NO. The zero-order chi connectivity index (χ0) is 40.0. The smallest absolute Gasteiger partial charge is 0.135 e. The van der Waals surface area contributed by atoms with Crippen LogP contribution in [0.25, 0.3) is 82.5 Å². The Kier molecular flexibility index (Phi) is 7.81. The second-order valence-electron chi connectivity index (χ2n) is 17.2. The van der Waals surface area contributed by atoms with Crippen LogP contribution in [0.15, 0.2) is 199 Å². The number of rotatable bonds is 7. The number of nitrogens with zero attached hydrogens (tertiary/aromatic N) is 1. The van der Waals surface area contributed by atoms with Crippen LogP contribution in [0.3, 0.4) is 0 Å². The zero-order valence-electron chi connectivity index (χ0n) is 33.8. The van der Waals surface area contributed by atoms with Gasteiger partial charge in [0.2, 0.25) is 0 Å². The van der Waals surface area contributed by atoms with Crippen molar-refractivity contribution in [3.05, 3.63) is 222 Å². The second kappa shape index (κ2) is 13.4. The van der Waals surface area contributed by atoms with E-state index >= 15 is 0 Å². The maximum atomic E-state index is 6.28. The molecule has 2 nitrogen and oxygen atoms in total. The number of aromatic nitrogens is 1. The van der Waals surface area contributed by atoms with Crippen LogP contribution in [0.4, 0.5) is 0 Å². The van der Waals surface area contributed by atoms with Crippen LogP contribution in [0.2, 0.25) is 0 Å². The summed E-state index contributed by atoms with van der Waals surface area (Å²) in [6, 6.07) is 71.8. The van der Waals surface area contributed by atoms with E-state index in [4.69, 9.17) is 4.42 Å². The van der Waals surface area contributed by atoms with Gasteiger partial charge in [0.15, 0.2) is 0 Å². The lowest BCUT2D eigenvalue weighted by molar-refractivity contribution is 0.656. The fourth-order valence-corrected chi connectivity index (χ4v) is 10.4. The van der Waals surface area contributed by atoms with E-state index in [2.05, 4.69) is 206 Å². The Morgan fingerprint density at radius 1 is 0.467 bits per heavy atom. The van der Waals surface area contributed by atoms with Crippen LogP contribution in [-0.4, -0.2) is 4.57 Å². The highest BCUT2D eigenvalue weighted by atomic mass is 16.3. The van der Waals surface area contributed by atoms with Crippen molar-refractivity contribution in [3.63, 3.8) is 0 Å². The van der Waals surface area contributed by atoms with Crippen molar-refractivity contribution in [3.8, 4) is 27.9 Å². The predicted molar refractivity (Wildman–Crippen MR) is 252 cm³/mol. The first-order chi connectivity index (χ1) is 29.5. The number of hydrogen-bond acceptors (Lipinski definition) is 1. The van der Waals surface area contributed by atoms with Gasteiger partial charge in [-0.2, -0.15) is 0 Å². The minimum Gasteiger partial charge on any atom is -0.456 e. The fraction of sp³-hybridized carbons (Fsp3) is 0.103. The third kappa shape index (κ3) is 5.41. The maximum Gasteiger partial charge on any atom is 0.135 e. The molecule has 286 valence electrons. The third-order valence-corrected chi connectivity index (χ3v) is 13.5. The second-order valence-corrected chi connectivity index (χ2v) is 17.2. The third-order valence-electron chi connectivity index (χ3n) is 13.5. The molecule has 2 heterocycles. The summed E-state index contributed by atoms with van der Waals surface area (Å²) in [4.78, 5) is 0. The molecule has 0 amide bonds. The fourth-order valence-electron chi connectivity index (χ4n) is 10.4. The van der Waals surface area contributed by atoms with Gasteiger partial charge in [-0.1, -0.05) is 166 Å². The topological polar surface area (TPSA) is 18.1 Å². The van der Waals surface area contributed by atoms with Crippen LogP contribution < -0.4 is 0 Å². The van der Waals surface area contributed by atoms with E-state index in [1.807, 2.05) is 6.07 Å². The van der Waals surface area contributed by atoms with E-state index < -0.39 is 0 Å². The first-order valence-electron chi connectivity index (χ1n) is 21.3. The maximum absolute atomic E-state index is 6.28. The van der Waals surface area contributed by atoms with Crippen LogP contribution in [-0.2, 0) is 11.8 Å². The van der Waals surface area contributed by atoms with Gasteiger partial charge in [0, 0.05) is 38.6 Å². The summed E-state index contributed by atoms with van der Waals surface area (Å²) in [5.74, 6) is 0.205. The molecule has 0 bridgehead atoms. The minimum absolute atomic E-state index is 0.139. The Bertz CT molecular complexity index is 3410. The number of fused-ring (bicyclic) bond motifs is 10. The Morgan fingerprint density at radius 3 is 1.87 bits per heavy atom. The molecule has 9 aromatic carbocycles. The number of aryl methyl sites for hydroxylation is 1. The molecule has 0 fully saturated rings. The van der Waals surface area contributed by atoms with Crippen molar-refractivity contribution in [2.75, 3.05) is 0 Å². The molecule has 1 unspecified atom stereocenters. The summed E-state index contributed by atoms with van der Waals surface area (Å²) in [5, 5.41) is 7.47. The largest absolute Gasteiger partial charge is 0.456 e. The lowest BCUT2D eigenvalue weighted by atomic mass is 9.81. The van der Waals surface area contributed by atoms with E-state index in [1.165, 1.54) is 99.1 Å². The summed E-state index contributed by atoms with van der Waals surface area (Å²) in [5.41, 5.74) is 17.5. The summed E-state index contributed by atoms with van der Waals surface area (Å²) in [6.07, 6.45) is 1.95. The van der Waals surface area contributed by atoms with Gasteiger partial charge in [-0.3, -0.25) is 0 Å². The molecule has 0 aliphatic heterocycles. The number of benzene rings is 9. The quantitative estimate of drug-likeness (QED) is 0.158. The molecule has 0 saturated carbocycles. The minimum atomic E-state index is -0.139. The lowest BCUT2D eigenvalue weighted by Gasteiger charge is -2.23. The van der Waals surface area contributed by atoms with Crippen molar-refractivity contribution in [1.82, 2.24) is 4.57 Å². The van der Waals surface area contributed by atoms with Gasteiger partial charge in [0.25, 0.3) is 0 Å². The average Bonchev–Trinajstić information content (AvgIpc) is 3.91. The van der Waals surface area contributed by atoms with Gasteiger partial charge in [0.1, 0.15) is 11.2 Å². The SMILES string of the molecule is CC1(C)c2cc(CCC(c3ccc(-c4cccc5ccccc45)cc3)c3ccc4oc5ccccc5c4c3)ccc2-c2ccc(-n3c4ccccc4c4ccccc43)cc21. The molecule has 0 radical (unpaired) electrons. The lowest BCUT2D eigenvalue weighted by Crippen LogP contribution is -2.16. The molecule has 1 aliphatic carbocycles. The van der Waals surface area contributed by atoms with Gasteiger partial charge in [-0.15, -0.1) is 0 Å². The summed E-state index contributed by atoms with van der Waals surface area (Å²) >= 11 is 0. The molecule has 60 heavy (non-hydrogen) atoms. The van der Waals surface area contributed by atoms with Crippen molar-refractivity contribution in [2.45, 2.75) is 38.0 Å². The molecule has 0 N–H and O–H groups in total. The van der Waals surface area contributed by atoms with E-state index in [9.17, 15) is 0 Å². The Morgan fingerprint density at radius 2 is 1.08 bits per heavy atom. The van der Waals surface area contributed by atoms with Crippen molar-refractivity contribution < 1.29 is 4.42 Å². The molecule has 1 aliphatic rings. The molecule has 1 atom stereocenters. The molecule has 0 spiro atoms. The van der Waals surface area contributed by atoms with E-state index in [0.29, 0.717) is 0 Å². The number of hydrogen-bond donors (Lipinski definition) is 0. The Labute approximate surface area is 350 Å². The highest BCUT2D eigenvalue weighted by Gasteiger charge is 2.36. The standard InChI is InChI=1S/C58H43NO/c1-58(2)52-34-37(23-31-46(52)47-32-29-42(36-53(47)58)59-54-19-8-5-15-48(54)49-16-6-9-20-55(49)59)22-30-43(41-28-33-57-51(35-41)50-17-7-10-21-56(50)60-57)39-24-26-40(27-25-39)45-18-11-13-38-12-3-4-14-44(38)45/h3-21,23-29,31-36,43H,22,30H2,1-2H3. The monoisotopic (exact) mass is 769 g/mol. The Hall–Kier alpha value is -7.16. The van der Waals surface area contributed by atoms with Gasteiger partial charge in [-0.25, -0.2) is 0 Å². The van der Waals surface area contributed by atoms with Gasteiger partial charge in [-0.05, 0) is 116 Å². The van der Waals surface area contributed by atoms with Crippen LogP contribution in [0.1, 0.15) is 54.0 Å². The summed E-state index contributed by atoms with van der Waals surface area (Å²) < 4.78 is 8.71. The van der Waals surface area contributed by atoms with E-state index in [0.717, 1.165) is 24.0 Å². The van der Waals surface area contributed by atoms with Gasteiger partial charge in [0.05, 0.1) is 11.0 Å². The molecule has 0 saturated heterocycles. The molecule has 11 aromatic rings. The van der Waals surface area contributed by atoms with E-state index in [1.54, 1.807) is 0 Å². The average molecular weight is 770 g/mol. The highest BCUT2D eigenvalue weighted by molar-refractivity contribution is 6.09. The summed E-state index contributed by atoms with van der Waals surface area (Å²) in [6.45, 7) is 4.81. The molecular weight excluding hydrogens is 727 g/mol. The predicted octanol–water partition coefficient (Wildman–Crippen LogP) is 15.6. The van der Waals surface area contributed by atoms with Gasteiger partial charge >= 0.3 is 0 Å². The molecule has 12 rings (SSSR count).